The number of nitrogens with one attached hydrogen (secondary N) is 1. The summed E-state index contributed by atoms with van der Waals surface area (Å²) in [5.74, 6) is -1.34. The first kappa shape index (κ1) is 22.8. The van der Waals surface area contributed by atoms with Gasteiger partial charge in [0.2, 0.25) is 0 Å². The zero-order valence-corrected chi connectivity index (χ0v) is 18.4. The summed E-state index contributed by atoms with van der Waals surface area (Å²) >= 11 is 0. The summed E-state index contributed by atoms with van der Waals surface area (Å²) in [6.45, 7) is 2.40. The minimum absolute atomic E-state index is 0.151. The molecule has 0 aliphatic carbocycles. The molecule has 1 N–H and O–H groups in total. The Morgan fingerprint density at radius 2 is 1.55 bits per heavy atom. The molecular formula is C27H33NO3. The number of unbranched alkanes of at least 4 members (excludes halogenated alkanes) is 6. The zero-order chi connectivity index (χ0) is 21.9. The van der Waals surface area contributed by atoms with Crippen molar-refractivity contribution in [2.24, 2.45) is 5.92 Å². The van der Waals surface area contributed by atoms with E-state index in [1.165, 1.54) is 25.7 Å². The molecular weight excluding hydrogens is 386 g/mol. The normalized spacial score (nSPS) is 12.0. The fourth-order valence-electron chi connectivity index (χ4n) is 3.95. The van der Waals surface area contributed by atoms with Crippen molar-refractivity contribution in [2.45, 2.75) is 64.9 Å². The van der Waals surface area contributed by atoms with E-state index in [0.717, 1.165) is 35.7 Å². The molecule has 1 heterocycles. The van der Waals surface area contributed by atoms with E-state index in [4.69, 9.17) is 4.74 Å². The number of fused-ring (bicyclic) bond motifs is 1. The summed E-state index contributed by atoms with van der Waals surface area (Å²) in [5, 5.41) is 0.855. The summed E-state index contributed by atoms with van der Waals surface area (Å²) in [4.78, 5) is 29.4. The highest BCUT2D eigenvalue weighted by Gasteiger charge is 2.30. The Morgan fingerprint density at radius 1 is 0.871 bits per heavy atom. The van der Waals surface area contributed by atoms with E-state index in [1.54, 1.807) is 6.20 Å². The van der Waals surface area contributed by atoms with Crippen LogP contribution in [0.25, 0.3) is 10.9 Å². The maximum absolute atomic E-state index is 13.4. The van der Waals surface area contributed by atoms with E-state index in [9.17, 15) is 9.59 Å². The van der Waals surface area contributed by atoms with Crippen molar-refractivity contribution in [3.05, 3.63) is 71.9 Å². The maximum Gasteiger partial charge on any atom is 0.317 e. The topological polar surface area (TPSA) is 59.2 Å². The van der Waals surface area contributed by atoms with E-state index in [1.807, 2.05) is 54.6 Å². The van der Waals surface area contributed by atoms with Crippen molar-refractivity contribution >= 4 is 22.7 Å². The van der Waals surface area contributed by atoms with Crippen molar-refractivity contribution in [3.63, 3.8) is 0 Å². The number of para-hydroxylation sites is 1. The molecule has 2 aromatic carbocycles. The first-order valence-electron chi connectivity index (χ1n) is 11.5. The highest BCUT2D eigenvalue weighted by atomic mass is 16.5. The van der Waals surface area contributed by atoms with E-state index >= 15 is 0 Å². The number of esters is 1. The maximum atomic E-state index is 13.4. The summed E-state index contributed by atoms with van der Waals surface area (Å²) in [6, 6.07) is 17.3. The van der Waals surface area contributed by atoms with E-state index in [2.05, 4.69) is 11.9 Å². The first-order valence-corrected chi connectivity index (χ1v) is 11.5. The van der Waals surface area contributed by atoms with Gasteiger partial charge >= 0.3 is 5.97 Å². The van der Waals surface area contributed by atoms with Gasteiger partial charge < -0.3 is 9.72 Å². The van der Waals surface area contributed by atoms with Crippen LogP contribution in [-0.2, 0) is 16.1 Å². The number of hydrogen-bond donors (Lipinski definition) is 1. The van der Waals surface area contributed by atoms with Crippen molar-refractivity contribution < 1.29 is 14.3 Å². The largest absolute Gasteiger partial charge is 0.460 e. The predicted molar refractivity (Wildman–Crippen MR) is 125 cm³/mol. The lowest BCUT2D eigenvalue weighted by Crippen LogP contribution is -2.26. The lowest BCUT2D eigenvalue weighted by Gasteiger charge is -2.15. The van der Waals surface area contributed by atoms with Crippen molar-refractivity contribution in [2.75, 3.05) is 0 Å². The standard InChI is InChI=1S/C27H33NO3/c1-2-3-4-5-6-7-11-17-23(27(30)31-20-21-14-9-8-10-15-21)26(29)24-19-28-25-18-13-12-16-22(24)25/h8-10,12-16,18-19,23,28H,2-7,11,17,20H2,1H3. The highest BCUT2D eigenvalue weighted by Crippen LogP contribution is 2.25. The van der Waals surface area contributed by atoms with Crippen LogP contribution >= 0.6 is 0 Å². The van der Waals surface area contributed by atoms with E-state index in [0.29, 0.717) is 12.0 Å². The Kier molecular flexibility index (Phi) is 8.89. The Hall–Kier alpha value is -2.88. The fourth-order valence-corrected chi connectivity index (χ4v) is 3.95. The molecule has 164 valence electrons. The Bertz CT molecular complexity index is 961. The molecule has 0 spiro atoms. The van der Waals surface area contributed by atoms with Crippen LogP contribution in [0.3, 0.4) is 0 Å². The quantitative estimate of drug-likeness (QED) is 0.143. The van der Waals surface area contributed by atoms with Gasteiger partial charge in [-0.3, -0.25) is 9.59 Å². The number of Topliss-reactive ketones (excluding diaryl/α,β-unsaturated/α-hetero) is 1. The number of carbonyl (C=O) groups is 2. The highest BCUT2D eigenvalue weighted by molar-refractivity contribution is 6.15. The molecule has 1 aromatic heterocycles. The second-order valence-electron chi connectivity index (χ2n) is 8.17. The Morgan fingerprint density at radius 3 is 2.32 bits per heavy atom. The number of aromatic nitrogens is 1. The van der Waals surface area contributed by atoms with Crippen molar-refractivity contribution in [3.8, 4) is 0 Å². The summed E-state index contributed by atoms with van der Waals surface area (Å²) in [5.41, 5.74) is 2.39. The van der Waals surface area contributed by atoms with Gasteiger partial charge in [-0.15, -0.1) is 0 Å². The molecule has 3 rings (SSSR count). The molecule has 0 radical (unpaired) electrons. The van der Waals surface area contributed by atoms with Crippen molar-refractivity contribution in [1.82, 2.24) is 4.98 Å². The zero-order valence-electron chi connectivity index (χ0n) is 18.4. The third-order valence-electron chi connectivity index (χ3n) is 5.78. The summed E-state index contributed by atoms with van der Waals surface area (Å²) in [6.07, 6.45) is 10.3. The number of H-pyrrole nitrogens is 1. The molecule has 1 unspecified atom stereocenters. The van der Waals surface area contributed by atoms with Crippen LogP contribution in [0.5, 0.6) is 0 Å². The Labute approximate surface area is 185 Å². The lowest BCUT2D eigenvalue weighted by atomic mass is 9.91. The van der Waals surface area contributed by atoms with Crippen LogP contribution < -0.4 is 0 Å². The predicted octanol–water partition coefficient (Wildman–Crippen LogP) is 6.85. The molecule has 31 heavy (non-hydrogen) atoms. The van der Waals surface area contributed by atoms with Crippen molar-refractivity contribution in [1.29, 1.82) is 0 Å². The molecule has 3 aromatic rings. The smallest absolute Gasteiger partial charge is 0.317 e. The van der Waals surface area contributed by atoms with Gasteiger partial charge in [0.05, 0.1) is 0 Å². The number of aromatic amines is 1. The average molecular weight is 420 g/mol. The van der Waals surface area contributed by atoms with Crippen LogP contribution in [0, 0.1) is 5.92 Å². The van der Waals surface area contributed by atoms with Gasteiger partial charge in [-0.2, -0.15) is 0 Å². The summed E-state index contributed by atoms with van der Waals surface area (Å²) < 4.78 is 5.56. The molecule has 0 bridgehead atoms. The van der Waals surface area contributed by atoms with Gasteiger partial charge in [-0.1, -0.05) is 100 Å². The number of hydrogen-bond acceptors (Lipinski definition) is 3. The molecule has 0 aliphatic rings. The average Bonchev–Trinajstić information content (AvgIpc) is 3.24. The molecule has 0 aliphatic heterocycles. The molecule has 0 fully saturated rings. The van der Waals surface area contributed by atoms with Crippen LogP contribution in [0.2, 0.25) is 0 Å². The SMILES string of the molecule is CCCCCCCCCC(C(=O)OCc1ccccc1)C(=O)c1c[nH]c2ccccc12. The monoisotopic (exact) mass is 419 g/mol. The van der Waals surface area contributed by atoms with Gasteiger partial charge in [0.15, 0.2) is 5.78 Å². The minimum Gasteiger partial charge on any atom is -0.460 e. The minimum atomic E-state index is -0.765. The van der Waals surface area contributed by atoms with Gasteiger partial charge in [0.25, 0.3) is 0 Å². The number of benzene rings is 2. The molecule has 1 atom stereocenters. The van der Waals surface area contributed by atoms with E-state index in [-0.39, 0.29) is 12.4 Å². The first-order chi connectivity index (χ1) is 15.2. The number of rotatable bonds is 13. The number of carbonyl (C=O) groups excluding carboxylic acids is 2. The third-order valence-corrected chi connectivity index (χ3v) is 5.78. The third kappa shape index (κ3) is 6.55. The fraction of sp³-hybridized carbons (Fsp3) is 0.407. The van der Waals surface area contributed by atoms with Gasteiger partial charge in [-0.05, 0) is 18.1 Å². The molecule has 0 saturated heterocycles. The molecule has 4 nitrogen and oxygen atoms in total. The summed E-state index contributed by atoms with van der Waals surface area (Å²) in [7, 11) is 0. The van der Waals surface area contributed by atoms with Gasteiger partial charge in [0.1, 0.15) is 12.5 Å². The Balaban J connectivity index is 1.65. The molecule has 0 amide bonds. The van der Waals surface area contributed by atoms with Crippen LogP contribution in [0.15, 0.2) is 60.8 Å². The van der Waals surface area contributed by atoms with Crippen LogP contribution in [-0.4, -0.2) is 16.7 Å². The van der Waals surface area contributed by atoms with E-state index < -0.39 is 11.9 Å². The number of ether oxygens (including phenoxy) is 1. The second kappa shape index (κ2) is 12.1. The van der Waals surface area contributed by atoms with Crippen LogP contribution in [0.4, 0.5) is 0 Å². The number of ketones is 1. The van der Waals surface area contributed by atoms with Gasteiger partial charge in [-0.25, -0.2) is 0 Å². The van der Waals surface area contributed by atoms with Crippen LogP contribution in [0.1, 0.15) is 74.2 Å². The second-order valence-corrected chi connectivity index (χ2v) is 8.17. The molecule has 4 heteroatoms. The lowest BCUT2D eigenvalue weighted by molar-refractivity contribution is -0.148. The molecule has 0 saturated carbocycles. The van der Waals surface area contributed by atoms with Gasteiger partial charge in [0, 0.05) is 22.7 Å².